The molecule has 1 aliphatic rings. The molecule has 0 saturated heterocycles. The molecule has 7 heteroatoms. The molecule has 0 saturated carbocycles. The number of hydrogen-bond donors (Lipinski definition) is 1. The first-order valence-corrected chi connectivity index (χ1v) is 11.5. The van der Waals surface area contributed by atoms with Crippen LogP contribution in [0.3, 0.4) is 0 Å². The molecular weight excluding hydrogens is 448 g/mol. The molecule has 1 aromatic heterocycles. The fourth-order valence-electron chi connectivity index (χ4n) is 4.42. The molecule has 0 spiro atoms. The summed E-state index contributed by atoms with van der Waals surface area (Å²) in [6, 6.07) is 23.3. The summed E-state index contributed by atoms with van der Waals surface area (Å²) in [6.45, 7) is 4.35. The number of nitrogens with zero attached hydrogens (tertiary/aromatic N) is 3. The van der Waals surface area contributed by atoms with Gasteiger partial charge in [0.05, 0.1) is 35.6 Å². The van der Waals surface area contributed by atoms with E-state index in [2.05, 4.69) is 16.5 Å². The molecule has 3 aromatic carbocycles. The number of para-hydroxylation sites is 2. The molecule has 34 heavy (non-hydrogen) atoms. The van der Waals surface area contributed by atoms with Crippen molar-refractivity contribution in [2.75, 3.05) is 17.3 Å². The van der Waals surface area contributed by atoms with Crippen LogP contribution in [0, 0.1) is 13.8 Å². The maximum absolute atomic E-state index is 13.6. The van der Waals surface area contributed by atoms with Crippen molar-refractivity contribution in [1.82, 2.24) is 9.78 Å². The van der Waals surface area contributed by atoms with Gasteiger partial charge in [-0.25, -0.2) is 0 Å². The Bertz CT molecular complexity index is 1370. The van der Waals surface area contributed by atoms with E-state index in [1.54, 1.807) is 12.0 Å². The van der Waals surface area contributed by atoms with Gasteiger partial charge in [0.25, 0.3) is 5.91 Å². The average molecular weight is 473 g/mol. The molecule has 4 aromatic rings. The molecule has 0 unspecified atom stereocenters. The Morgan fingerprint density at radius 1 is 1.03 bits per heavy atom. The summed E-state index contributed by atoms with van der Waals surface area (Å²) in [5, 5.41) is 8.81. The van der Waals surface area contributed by atoms with Crippen LogP contribution in [0.15, 0.2) is 72.8 Å². The number of anilines is 2. The molecule has 1 aliphatic heterocycles. The van der Waals surface area contributed by atoms with Crippen molar-refractivity contribution in [3.05, 3.63) is 106 Å². The summed E-state index contributed by atoms with van der Waals surface area (Å²) in [5.41, 5.74) is 5.86. The minimum atomic E-state index is -0.390. The predicted octanol–water partition coefficient (Wildman–Crippen LogP) is 5.98. The molecule has 172 valence electrons. The Kier molecular flexibility index (Phi) is 5.75. The van der Waals surface area contributed by atoms with Crippen molar-refractivity contribution >= 4 is 28.9 Å². The molecule has 0 fully saturated rings. The molecular formula is C27H25ClN4O2. The number of rotatable bonds is 5. The van der Waals surface area contributed by atoms with Gasteiger partial charge in [0.1, 0.15) is 11.9 Å². The lowest BCUT2D eigenvalue weighted by Gasteiger charge is -2.38. The van der Waals surface area contributed by atoms with E-state index in [9.17, 15) is 4.79 Å². The third kappa shape index (κ3) is 3.80. The highest BCUT2D eigenvalue weighted by molar-refractivity contribution is 6.31. The molecule has 2 heterocycles. The highest BCUT2D eigenvalue weighted by Crippen LogP contribution is 2.38. The zero-order valence-corrected chi connectivity index (χ0v) is 20.0. The van der Waals surface area contributed by atoms with Gasteiger partial charge < -0.3 is 10.1 Å². The predicted molar refractivity (Wildman–Crippen MR) is 135 cm³/mol. The van der Waals surface area contributed by atoms with Crippen LogP contribution in [0.1, 0.15) is 39.0 Å². The molecule has 0 bridgehead atoms. The normalized spacial score (nSPS) is 15.1. The van der Waals surface area contributed by atoms with Gasteiger partial charge in [0, 0.05) is 16.9 Å². The van der Waals surface area contributed by atoms with Crippen molar-refractivity contribution in [3.63, 3.8) is 0 Å². The van der Waals surface area contributed by atoms with E-state index >= 15 is 0 Å². The molecule has 5 rings (SSSR count). The second-order valence-corrected chi connectivity index (χ2v) is 8.69. The van der Waals surface area contributed by atoms with E-state index in [0.717, 1.165) is 39.6 Å². The number of aryl methyl sites for hydroxylation is 1. The molecule has 1 N–H and O–H groups in total. The number of amides is 1. The summed E-state index contributed by atoms with van der Waals surface area (Å²) < 4.78 is 7.53. The minimum Gasteiger partial charge on any atom is -0.496 e. The number of carbonyl (C=O) groups excluding carboxylic acids is 1. The van der Waals surface area contributed by atoms with Crippen LogP contribution in [-0.4, -0.2) is 22.8 Å². The second kappa shape index (κ2) is 8.88. The van der Waals surface area contributed by atoms with Crippen LogP contribution >= 0.6 is 11.6 Å². The Labute approximate surface area is 203 Å². The van der Waals surface area contributed by atoms with Gasteiger partial charge in [0.15, 0.2) is 0 Å². The highest BCUT2D eigenvalue weighted by atomic mass is 35.5. The monoisotopic (exact) mass is 472 g/mol. The van der Waals surface area contributed by atoms with Crippen molar-refractivity contribution < 1.29 is 9.53 Å². The first-order chi connectivity index (χ1) is 16.5. The average Bonchev–Trinajstić information content (AvgIpc) is 3.10. The summed E-state index contributed by atoms with van der Waals surface area (Å²) in [4.78, 5) is 15.4. The number of carbonyl (C=O) groups is 1. The summed E-state index contributed by atoms with van der Waals surface area (Å²) in [6.07, 6.45) is -0.390. The topological polar surface area (TPSA) is 59.4 Å². The number of ether oxygens (including phenoxy) is 1. The molecule has 1 atom stereocenters. The first kappa shape index (κ1) is 22.0. The SMILES string of the molecule is COc1ccc([C@@H]2Nc3ccccc3C(=O)N2c2ccccc2)cc1Cn1nc(C)c(Cl)c1C. The lowest BCUT2D eigenvalue weighted by atomic mass is 10.0. The summed E-state index contributed by atoms with van der Waals surface area (Å²) in [7, 11) is 1.65. The van der Waals surface area contributed by atoms with Crippen LogP contribution in [-0.2, 0) is 6.54 Å². The Hall–Kier alpha value is -3.77. The zero-order chi connectivity index (χ0) is 23.8. The van der Waals surface area contributed by atoms with E-state index < -0.39 is 6.17 Å². The second-order valence-electron chi connectivity index (χ2n) is 8.32. The van der Waals surface area contributed by atoms with Gasteiger partial charge in [-0.3, -0.25) is 14.4 Å². The van der Waals surface area contributed by atoms with E-state index in [1.165, 1.54) is 0 Å². The molecule has 6 nitrogen and oxygen atoms in total. The van der Waals surface area contributed by atoms with E-state index in [-0.39, 0.29) is 5.91 Å². The van der Waals surface area contributed by atoms with Gasteiger partial charge in [-0.05, 0) is 55.8 Å². The van der Waals surface area contributed by atoms with Crippen LogP contribution in [0.4, 0.5) is 11.4 Å². The van der Waals surface area contributed by atoms with Crippen molar-refractivity contribution in [3.8, 4) is 5.75 Å². The molecule has 0 aliphatic carbocycles. The van der Waals surface area contributed by atoms with E-state index in [4.69, 9.17) is 16.3 Å². The van der Waals surface area contributed by atoms with Gasteiger partial charge in [-0.15, -0.1) is 0 Å². The number of benzene rings is 3. The zero-order valence-electron chi connectivity index (χ0n) is 19.2. The van der Waals surface area contributed by atoms with Gasteiger partial charge in [0.2, 0.25) is 0 Å². The van der Waals surface area contributed by atoms with Gasteiger partial charge >= 0.3 is 0 Å². The highest BCUT2D eigenvalue weighted by Gasteiger charge is 2.34. The number of halogens is 1. The van der Waals surface area contributed by atoms with E-state index in [0.29, 0.717) is 17.1 Å². The third-order valence-electron chi connectivity index (χ3n) is 6.19. The summed E-state index contributed by atoms with van der Waals surface area (Å²) in [5.74, 6) is 0.703. The van der Waals surface area contributed by atoms with Crippen LogP contribution in [0.25, 0.3) is 0 Å². The number of hydrogen-bond acceptors (Lipinski definition) is 4. The number of methoxy groups -OCH3 is 1. The Morgan fingerprint density at radius 2 is 1.76 bits per heavy atom. The van der Waals surface area contributed by atoms with Crippen LogP contribution < -0.4 is 15.0 Å². The number of aromatic nitrogens is 2. The molecule has 1 amide bonds. The van der Waals surface area contributed by atoms with Crippen molar-refractivity contribution in [2.24, 2.45) is 0 Å². The lowest BCUT2D eigenvalue weighted by molar-refractivity contribution is 0.0975. The fourth-order valence-corrected chi connectivity index (χ4v) is 4.56. The Morgan fingerprint density at radius 3 is 2.47 bits per heavy atom. The first-order valence-electron chi connectivity index (χ1n) is 11.1. The van der Waals surface area contributed by atoms with Crippen LogP contribution in [0.2, 0.25) is 5.02 Å². The van der Waals surface area contributed by atoms with Crippen molar-refractivity contribution in [2.45, 2.75) is 26.6 Å². The largest absolute Gasteiger partial charge is 0.496 e. The maximum Gasteiger partial charge on any atom is 0.262 e. The fraction of sp³-hybridized carbons (Fsp3) is 0.185. The quantitative estimate of drug-likeness (QED) is 0.388. The smallest absolute Gasteiger partial charge is 0.262 e. The molecule has 0 radical (unpaired) electrons. The third-order valence-corrected chi connectivity index (χ3v) is 6.74. The Balaban J connectivity index is 1.60. The van der Waals surface area contributed by atoms with Gasteiger partial charge in [-0.2, -0.15) is 5.10 Å². The minimum absolute atomic E-state index is 0.0479. The van der Waals surface area contributed by atoms with Gasteiger partial charge in [-0.1, -0.05) is 48.0 Å². The van der Waals surface area contributed by atoms with E-state index in [1.807, 2.05) is 85.3 Å². The standard InChI is InChI=1S/C27H25ClN4O2/c1-17-25(28)18(2)31(30-17)16-20-15-19(13-14-24(20)34-3)26-29-23-12-8-7-11-22(23)27(33)32(26)21-9-5-4-6-10-21/h4-15,26,29H,16H2,1-3H3/t26-/m1/s1. The maximum atomic E-state index is 13.6. The lowest BCUT2D eigenvalue weighted by Crippen LogP contribution is -2.43. The van der Waals surface area contributed by atoms with Crippen molar-refractivity contribution in [1.29, 1.82) is 0 Å². The van der Waals surface area contributed by atoms with Crippen LogP contribution in [0.5, 0.6) is 5.75 Å². The summed E-state index contributed by atoms with van der Waals surface area (Å²) >= 11 is 6.37. The number of fused-ring (bicyclic) bond motifs is 1. The number of nitrogens with one attached hydrogen (secondary N) is 1.